The van der Waals surface area contributed by atoms with E-state index in [4.69, 9.17) is 10.5 Å². The fourth-order valence-electron chi connectivity index (χ4n) is 2.00. The Kier molecular flexibility index (Phi) is 2.84. The molecule has 3 heterocycles. The first-order valence-electron chi connectivity index (χ1n) is 6.25. The first kappa shape index (κ1) is 12.0. The van der Waals surface area contributed by atoms with E-state index in [1.165, 1.54) is 11.3 Å². The van der Waals surface area contributed by atoms with Crippen LogP contribution in [0.2, 0.25) is 0 Å². The number of nitrogens with two attached hydrogens (primary N) is 1. The Labute approximate surface area is 109 Å². The van der Waals surface area contributed by atoms with Crippen LogP contribution in [0.5, 0.6) is 0 Å². The maximum Gasteiger partial charge on any atom is 0.234 e. The standard InChI is InChI=1S/C11H17N5OS/c1-3-11(2,12)9-15-16-8(7-5-4-6-17-7)13-14-10(16)18-9/h7H,3-6,12H2,1-2H3. The summed E-state index contributed by atoms with van der Waals surface area (Å²) in [7, 11) is 0. The Morgan fingerprint density at radius 3 is 3.06 bits per heavy atom. The van der Waals surface area contributed by atoms with Crippen LogP contribution in [0.1, 0.15) is 50.0 Å². The van der Waals surface area contributed by atoms with Gasteiger partial charge < -0.3 is 10.5 Å². The summed E-state index contributed by atoms with van der Waals surface area (Å²) in [6, 6.07) is 0. The zero-order valence-electron chi connectivity index (χ0n) is 10.6. The third-order valence-corrected chi connectivity index (χ3v) is 4.63. The van der Waals surface area contributed by atoms with E-state index in [2.05, 4.69) is 22.2 Å². The summed E-state index contributed by atoms with van der Waals surface area (Å²) in [5.74, 6) is 0.803. The van der Waals surface area contributed by atoms with Crippen molar-refractivity contribution in [3.05, 3.63) is 10.8 Å². The zero-order chi connectivity index (χ0) is 12.8. The molecule has 7 heteroatoms. The average Bonchev–Trinajstić information content (AvgIpc) is 3.03. The molecular weight excluding hydrogens is 250 g/mol. The first-order valence-corrected chi connectivity index (χ1v) is 7.06. The van der Waals surface area contributed by atoms with E-state index in [-0.39, 0.29) is 6.10 Å². The number of hydrogen-bond donors (Lipinski definition) is 1. The Balaban J connectivity index is 2.02. The largest absolute Gasteiger partial charge is 0.370 e. The molecule has 98 valence electrons. The molecule has 0 saturated carbocycles. The fourth-order valence-corrected chi connectivity index (χ4v) is 2.97. The monoisotopic (exact) mass is 267 g/mol. The zero-order valence-corrected chi connectivity index (χ0v) is 11.4. The van der Waals surface area contributed by atoms with Crippen LogP contribution in [0.4, 0.5) is 0 Å². The summed E-state index contributed by atoms with van der Waals surface area (Å²) in [4.78, 5) is 0.792. The number of ether oxygens (including phenoxy) is 1. The molecular formula is C11H17N5OS. The van der Waals surface area contributed by atoms with Gasteiger partial charge in [0.05, 0.1) is 5.54 Å². The van der Waals surface area contributed by atoms with Gasteiger partial charge in [0.1, 0.15) is 11.1 Å². The van der Waals surface area contributed by atoms with Crippen LogP contribution in [-0.4, -0.2) is 26.4 Å². The van der Waals surface area contributed by atoms with Gasteiger partial charge in [-0.05, 0) is 26.2 Å². The molecule has 1 aliphatic rings. The topological polar surface area (TPSA) is 78.3 Å². The molecule has 0 amide bonds. The summed E-state index contributed by atoms with van der Waals surface area (Å²) >= 11 is 1.51. The number of aromatic nitrogens is 4. The highest BCUT2D eigenvalue weighted by molar-refractivity contribution is 7.16. The Hall–Kier alpha value is -1.05. The predicted molar refractivity (Wildman–Crippen MR) is 68.4 cm³/mol. The van der Waals surface area contributed by atoms with Crippen molar-refractivity contribution in [3.63, 3.8) is 0 Å². The Morgan fingerprint density at radius 2 is 2.39 bits per heavy atom. The minimum atomic E-state index is -0.404. The summed E-state index contributed by atoms with van der Waals surface area (Å²) in [6.07, 6.45) is 2.92. The highest BCUT2D eigenvalue weighted by atomic mass is 32.1. The number of rotatable bonds is 3. The lowest BCUT2D eigenvalue weighted by molar-refractivity contribution is 0.103. The average molecular weight is 267 g/mol. The quantitative estimate of drug-likeness (QED) is 0.914. The molecule has 0 bridgehead atoms. The normalized spacial score (nSPS) is 23.6. The van der Waals surface area contributed by atoms with Gasteiger partial charge in [-0.1, -0.05) is 18.3 Å². The van der Waals surface area contributed by atoms with E-state index in [1.807, 2.05) is 6.92 Å². The highest BCUT2D eigenvalue weighted by Crippen LogP contribution is 2.31. The molecule has 0 spiro atoms. The van der Waals surface area contributed by atoms with Crippen molar-refractivity contribution in [3.8, 4) is 0 Å². The maximum absolute atomic E-state index is 6.22. The van der Waals surface area contributed by atoms with E-state index in [1.54, 1.807) is 4.52 Å². The van der Waals surface area contributed by atoms with E-state index >= 15 is 0 Å². The van der Waals surface area contributed by atoms with E-state index in [0.717, 1.165) is 41.7 Å². The van der Waals surface area contributed by atoms with Crippen molar-refractivity contribution in [1.82, 2.24) is 19.8 Å². The Morgan fingerprint density at radius 1 is 1.56 bits per heavy atom. The molecule has 0 radical (unpaired) electrons. The van der Waals surface area contributed by atoms with E-state index in [0.29, 0.717) is 0 Å². The summed E-state index contributed by atoms with van der Waals surface area (Å²) in [5, 5.41) is 13.8. The van der Waals surface area contributed by atoms with Crippen LogP contribution >= 0.6 is 11.3 Å². The summed E-state index contributed by atoms with van der Waals surface area (Å²) in [5.41, 5.74) is 5.82. The number of nitrogens with zero attached hydrogens (tertiary/aromatic N) is 4. The van der Waals surface area contributed by atoms with Gasteiger partial charge in [0.25, 0.3) is 0 Å². The molecule has 0 aromatic carbocycles. The van der Waals surface area contributed by atoms with Crippen molar-refractivity contribution in [2.24, 2.45) is 5.73 Å². The SMILES string of the molecule is CCC(C)(N)c1nn2c(C3CCCO3)nnc2s1. The van der Waals surface area contributed by atoms with Crippen LogP contribution < -0.4 is 5.73 Å². The smallest absolute Gasteiger partial charge is 0.234 e. The lowest BCUT2D eigenvalue weighted by atomic mass is 10.0. The highest BCUT2D eigenvalue weighted by Gasteiger charge is 2.28. The van der Waals surface area contributed by atoms with Crippen molar-refractivity contribution in [2.75, 3.05) is 6.61 Å². The maximum atomic E-state index is 6.22. The summed E-state index contributed by atoms with van der Waals surface area (Å²) in [6.45, 7) is 4.84. The molecule has 18 heavy (non-hydrogen) atoms. The van der Waals surface area contributed by atoms with Gasteiger partial charge in [0, 0.05) is 6.61 Å². The third kappa shape index (κ3) is 1.82. The molecule has 1 saturated heterocycles. The predicted octanol–water partition coefficient (Wildman–Crippen LogP) is 1.62. The van der Waals surface area contributed by atoms with Crippen molar-refractivity contribution in [2.45, 2.75) is 44.8 Å². The second-order valence-corrected chi connectivity index (χ2v) is 5.89. The molecule has 2 aromatic rings. The molecule has 3 rings (SSSR count). The van der Waals surface area contributed by atoms with Crippen LogP contribution in [0.15, 0.2) is 0 Å². The molecule has 2 atom stereocenters. The van der Waals surface area contributed by atoms with Gasteiger partial charge >= 0.3 is 0 Å². The lowest BCUT2D eigenvalue weighted by Gasteiger charge is -2.18. The van der Waals surface area contributed by atoms with Gasteiger partial charge in [-0.15, -0.1) is 10.2 Å². The second kappa shape index (κ2) is 4.25. The van der Waals surface area contributed by atoms with Crippen LogP contribution in [0, 0.1) is 0 Å². The van der Waals surface area contributed by atoms with Crippen molar-refractivity contribution >= 4 is 16.3 Å². The van der Waals surface area contributed by atoms with Gasteiger partial charge in [-0.25, -0.2) is 0 Å². The van der Waals surface area contributed by atoms with Crippen molar-refractivity contribution < 1.29 is 4.74 Å². The van der Waals surface area contributed by atoms with Gasteiger partial charge in [-0.3, -0.25) is 0 Å². The van der Waals surface area contributed by atoms with E-state index in [9.17, 15) is 0 Å². The molecule has 1 fully saturated rings. The number of hydrogen-bond acceptors (Lipinski definition) is 6. The van der Waals surface area contributed by atoms with Crippen LogP contribution in [0.25, 0.3) is 4.96 Å². The molecule has 1 aliphatic heterocycles. The molecule has 6 nitrogen and oxygen atoms in total. The second-order valence-electron chi connectivity index (χ2n) is 4.93. The summed E-state index contributed by atoms with van der Waals surface area (Å²) < 4.78 is 7.43. The van der Waals surface area contributed by atoms with Gasteiger partial charge in [0.2, 0.25) is 4.96 Å². The Bertz CT molecular complexity index is 555. The minimum Gasteiger partial charge on any atom is -0.370 e. The third-order valence-electron chi connectivity index (χ3n) is 3.46. The fraction of sp³-hybridized carbons (Fsp3) is 0.727. The number of fused-ring (bicyclic) bond motifs is 1. The van der Waals surface area contributed by atoms with Crippen LogP contribution in [0.3, 0.4) is 0 Å². The molecule has 0 aliphatic carbocycles. The van der Waals surface area contributed by atoms with Gasteiger partial charge in [0.15, 0.2) is 5.82 Å². The minimum absolute atomic E-state index is 0.0283. The molecule has 2 unspecified atom stereocenters. The first-order chi connectivity index (χ1) is 8.62. The molecule has 2 aromatic heterocycles. The van der Waals surface area contributed by atoms with E-state index < -0.39 is 5.54 Å². The lowest BCUT2D eigenvalue weighted by Crippen LogP contribution is -2.32. The van der Waals surface area contributed by atoms with Gasteiger partial charge in [-0.2, -0.15) is 9.61 Å². The van der Waals surface area contributed by atoms with Crippen molar-refractivity contribution in [1.29, 1.82) is 0 Å². The van der Waals surface area contributed by atoms with Crippen LogP contribution in [-0.2, 0) is 10.3 Å². The molecule has 2 N–H and O–H groups in total.